The van der Waals surface area contributed by atoms with Gasteiger partial charge in [-0.3, -0.25) is 9.59 Å². The second kappa shape index (κ2) is 5.99. The van der Waals surface area contributed by atoms with Gasteiger partial charge in [-0.25, -0.2) is 0 Å². The van der Waals surface area contributed by atoms with Crippen molar-refractivity contribution >= 4 is 29.3 Å². The topological polar surface area (TPSA) is 43.9 Å². The third-order valence-corrected chi connectivity index (χ3v) is 6.95. The van der Waals surface area contributed by atoms with E-state index in [-0.39, 0.29) is 22.7 Å². The molecule has 3 saturated heterocycles. The maximum absolute atomic E-state index is 13.0. The summed E-state index contributed by atoms with van der Waals surface area (Å²) < 4.78 is 0. The van der Waals surface area contributed by atoms with Crippen molar-refractivity contribution in [2.45, 2.75) is 30.7 Å². The minimum atomic E-state index is -0.265. The Hall–Kier alpha value is -1.69. The lowest BCUT2D eigenvalue weighted by Crippen LogP contribution is -2.56. The summed E-state index contributed by atoms with van der Waals surface area (Å²) in [6.07, 6.45) is 1.44. The molecule has 3 heterocycles. The van der Waals surface area contributed by atoms with Crippen LogP contribution in [0.25, 0.3) is 0 Å². The number of carbonyl (C=O) groups is 2. The number of thioether (sulfide) groups is 1. The molecule has 0 aromatic heterocycles. The number of fused-ring (bicyclic) bond motifs is 1. The molecule has 2 atom stereocenters. The maximum Gasteiger partial charge on any atom is 0.246 e. The summed E-state index contributed by atoms with van der Waals surface area (Å²) in [5, 5.41) is 0. The molecule has 128 valence electrons. The SMILES string of the molecule is C[C@@]12CCC(=O)N1[C@H](C(=O)N1CCN(c3ccccc3)CC1)CS2. The smallest absolute Gasteiger partial charge is 0.246 e. The van der Waals surface area contributed by atoms with Crippen molar-refractivity contribution < 1.29 is 9.59 Å². The largest absolute Gasteiger partial charge is 0.368 e. The van der Waals surface area contributed by atoms with Gasteiger partial charge in [-0.05, 0) is 25.5 Å². The second-order valence-corrected chi connectivity index (χ2v) is 8.41. The molecule has 4 rings (SSSR count). The van der Waals surface area contributed by atoms with Gasteiger partial charge in [0.05, 0.1) is 4.87 Å². The van der Waals surface area contributed by atoms with E-state index in [9.17, 15) is 9.59 Å². The van der Waals surface area contributed by atoms with E-state index in [1.54, 1.807) is 11.8 Å². The zero-order valence-electron chi connectivity index (χ0n) is 14.0. The van der Waals surface area contributed by atoms with Gasteiger partial charge in [-0.2, -0.15) is 0 Å². The third-order valence-electron chi connectivity index (χ3n) is 5.44. The van der Waals surface area contributed by atoms with E-state index in [1.165, 1.54) is 5.69 Å². The summed E-state index contributed by atoms with van der Waals surface area (Å²) in [6, 6.07) is 10.1. The molecule has 0 bridgehead atoms. The van der Waals surface area contributed by atoms with Gasteiger partial charge in [0.25, 0.3) is 0 Å². The number of carbonyl (C=O) groups excluding carboxylic acids is 2. The molecule has 6 heteroatoms. The first-order valence-corrected chi connectivity index (χ1v) is 9.62. The summed E-state index contributed by atoms with van der Waals surface area (Å²) in [7, 11) is 0. The summed E-state index contributed by atoms with van der Waals surface area (Å²) in [5.41, 5.74) is 1.21. The van der Waals surface area contributed by atoms with Crippen LogP contribution in [-0.2, 0) is 9.59 Å². The molecule has 0 unspecified atom stereocenters. The van der Waals surface area contributed by atoms with Crippen LogP contribution in [0, 0.1) is 0 Å². The lowest BCUT2D eigenvalue weighted by atomic mass is 10.1. The van der Waals surface area contributed by atoms with Crippen LogP contribution < -0.4 is 4.90 Å². The Morgan fingerprint density at radius 3 is 2.58 bits per heavy atom. The van der Waals surface area contributed by atoms with Crippen LogP contribution in [0.1, 0.15) is 19.8 Å². The summed E-state index contributed by atoms with van der Waals surface area (Å²) in [6.45, 7) is 5.26. The molecule has 2 amide bonds. The van der Waals surface area contributed by atoms with Crippen molar-refractivity contribution in [3.8, 4) is 0 Å². The molecule has 1 aromatic rings. The summed E-state index contributed by atoms with van der Waals surface area (Å²) in [4.78, 5) is 31.2. The molecule has 3 aliphatic rings. The molecule has 0 aliphatic carbocycles. The maximum atomic E-state index is 13.0. The summed E-state index contributed by atoms with van der Waals surface area (Å²) in [5.74, 6) is 1.01. The molecule has 0 radical (unpaired) electrons. The minimum Gasteiger partial charge on any atom is -0.368 e. The lowest BCUT2D eigenvalue weighted by molar-refractivity contribution is -0.143. The molecule has 0 N–H and O–H groups in total. The fraction of sp³-hybridized carbons (Fsp3) is 0.556. The van der Waals surface area contributed by atoms with Gasteiger partial charge in [0.1, 0.15) is 6.04 Å². The molecule has 3 fully saturated rings. The number of benzene rings is 1. The first-order valence-electron chi connectivity index (χ1n) is 8.63. The highest BCUT2D eigenvalue weighted by molar-refractivity contribution is 8.01. The van der Waals surface area contributed by atoms with Gasteiger partial charge in [0.2, 0.25) is 11.8 Å². The zero-order valence-corrected chi connectivity index (χ0v) is 14.8. The van der Waals surface area contributed by atoms with Gasteiger partial charge in [-0.15, -0.1) is 11.8 Å². The Morgan fingerprint density at radius 2 is 1.88 bits per heavy atom. The Kier molecular flexibility index (Phi) is 3.95. The first kappa shape index (κ1) is 15.8. The molecule has 0 saturated carbocycles. The Bertz CT molecular complexity index is 645. The fourth-order valence-electron chi connectivity index (χ4n) is 4.04. The molecule has 0 spiro atoms. The monoisotopic (exact) mass is 345 g/mol. The number of hydrogen-bond donors (Lipinski definition) is 0. The molecule has 1 aromatic carbocycles. The van der Waals surface area contributed by atoms with Gasteiger partial charge < -0.3 is 14.7 Å². The van der Waals surface area contributed by atoms with Crippen molar-refractivity contribution in [2.24, 2.45) is 0 Å². The Labute approximate surface area is 147 Å². The van der Waals surface area contributed by atoms with Crippen molar-refractivity contribution in [1.29, 1.82) is 0 Å². The minimum absolute atomic E-state index is 0.134. The van der Waals surface area contributed by atoms with Crippen molar-refractivity contribution in [2.75, 3.05) is 36.8 Å². The number of piperazine rings is 1. The third kappa shape index (κ3) is 2.57. The number of hydrogen-bond acceptors (Lipinski definition) is 4. The van der Waals surface area contributed by atoms with Gasteiger partial charge >= 0.3 is 0 Å². The van der Waals surface area contributed by atoms with Crippen LogP contribution in [0.3, 0.4) is 0 Å². The van der Waals surface area contributed by atoms with E-state index in [2.05, 4.69) is 24.0 Å². The lowest BCUT2D eigenvalue weighted by Gasteiger charge is -2.39. The number of nitrogens with zero attached hydrogens (tertiary/aromatic N) is 3. The van der Waals surface area contributed by atoms with Crippen LogP contribution in [0.15, 0.2) is 30.3 Å². The molecular weight excluding hydrogens is 322 g/mol. The van der Waals surface area contributed by atoms with E-state index in [1.807, 2.05) is 28.0 Å². The average molecular weight is 345 g/mol. The van der Waals surface area contributed by atoms with Crippen molar-refractivity contribution in [3.63, 3.8) is 0 Å². The zero-order chi connectivity index (χ0) is 16.7. The normalized spacial score (nSPS) is 30.0. The first-order chi connectivity index (χ1) is 11.6. The number of para-hydroxylation sites is 1. The fourth-order valence-corrected chi connectivity index (χ4v) is 5.46. The highest BCUT2D eigenvalue weighted by atomic mass is 32.2. The van der Waals surface area contributed by atoms with Gasteiger partial charge in [0.15, 0.2) is 0 Å². The van der Waals surface area contributed by atoms with E-state index in [4.69, 9.17) is 0 Å². The van der Waals surface area contributed by atoms with E-state index in [0.717, 1.165) is 38.4 Å². The number of anilines is 1. The predicted molar refractivity (Wildman–Crippen MR) is 96.0 cm³/mol. The Morgan fingerprint density at radius 1 is 1.17 bits per heavy atom. The van der Waals surface area contributed by atoms with Gasteiger partial charge in [-0.1, -0.05) is 18.2 Å². The molecular formula is C18H23N3O2S. The van der Waals surface area contributed by atoms with Crippen LogP contribution in [-0.4, -0.2) is 64.5 Å². The Balaban J connectivity index is 1.41. The summed E-state index contributed by atoms with van der Waals surface area (Å²) >= 11 is 1.76. The molecule has 5 nitrogen and oxygen atoms in total. The van der Waals surface area contributed by atoms with Crippen LogP contribution in [0.4, 0.5) is 5.69 Å². The van der Waals surface area contributed by atoms with Crippen LogP contribution in [0.5, 0.6) is 0 Å². The average Bonchev–Trinajstić information content (AvgIpc) is 3.11. The van der Waals surface area contributed by atoms with E-state index < -0.39 is 0 Å². The highest BCUT2D eigenvalue weighted by Gasteiger charge is 2.53. The van der Waals surface area contributed by atoms with Crippen molar-refractivity contribution in [1.82, 2.24) is 9.80 Å². The van der Waals surface area contributed by atoms with Crippen molar-refractivity contribution in [3.05, 3.63) is 30.3 Å². The van der Waals surface area contributed by atoms with Crippen LogP contribution >= 0.6 is 11.8 Å². The quantitative estimate of drug-likeness (QED) is 0.820. The van der Waals surface area contributed by atoms with Gasteiger partial charge in [0, 0.05) is 44.0 Å². The van der Waals surface area contributed by atoms with E-state index in [0.29, 0.717) is 6.42 Å². The standard InChI is InChI=1S/C18H23N3O2S/c1-18-8-7-16(22)21(18)15(13-24-18)17(23)20-11-9-19(10-12-20)14-5-3-2-4-6-14/h2-6,15H,7-13H2,1H3/t15-,18+/m0/s1. The number of amides is 2. The predicted octanol–water partition coefficient (Wildman–Crippen LogP) is 1.79. The number of rotatable bonds is 2. The van der Waals surface area contributed by atoms with Crippen LogP contribution in [0.2, 0.25) is 0 Å². The second-order valence-electron chi connectivity index (χ2n) is 6.91. The molecule has 3 aliphatic heterocycles. The molecule has 24 heavy (non-hydrogen) atoms. The highest BCUT2D eigenvalue weighted by Crippen LogP contribution is 2.47. The van der Waals surface area contributed by atoms with E-state index >= 15 is 0 Å².